The molecule has 3 aliphatic heterocycles. The van der Waals surface area contributed by atoms with Gasteiger partial charge in [-0.25, -0.2) is 14.3 Å². The van der Waals surface area contributed by atoms with Crippen LogP contribution in [0.3, 0.4) is 0 Å². The SMILES string of the molecule is O=CNc1nc(C(=NOC2CSC2)C(=O)NC2C(=O)N3C(C(=O)O)=C(C[n+]4ccccc4)CS[C@@H]23)cs1. The average molecular weight is 562 g/mol. The molecule has 2 atom stereocenters. The van der Waals surface area contributed by atoms with Crippen molar-refractivity contribution >= 4 is 69.9 Å². The van der Waals surface area contributed by atoms with Gasteiger partial charge in [-0.3, -0.25) is 19.3 Å². The van der Waals surface area contributed by atoms with Crippen LogP contribution < -0.4 is 15.2 Å². The zero-order chi connectivity index (χ0) is 25.9. The summed E-state index contributed by atoms with van der Waals surface area (Å²) in [7, 11) is 0. The van der Waals surface area contributed by atoms with Gasteiger partial charge in [0.05, 0.1) is 0 Å². The molecule has 5 rings (SSSR count). The molecule has 15 heteroatoms. The number of β-lactam (4-membered cyclic amide) rings is 1. The fourth-order valence-electron chi connectivity index (χ4n) is 3.88. The molecule has 0 spiro atoms. The molecule has 0 aliphatic carbocycles. The first-order chi connectivity index (χ1) is 18.0. The Morgan fingerprint density at radius 2 is 2.08 bits per heavy atom. The molecule has 3 amide bonds. The molecular formula is C22H21N6O6S3+. The Balaban J connectivity index is 1.33. The van der Waals surface area contributed by atoms with Gasteiger partial charge in [-0.05, 0) is 0 Å². The molecular weight excluding hydrogens is 540 g/mol. The minimum absolute atomic E-state index is 0.0561. The molecule has 2 fully saturated rings. The van der Waals surface area contributed by atoms with Crippen LogP contribution in [0.2, 0.25) is 0 Å². The number of carbonyl (C=O) groups is 4. The highest BCUT2D eigenvalue weighted by Crippen LogP contribution is 2.40. The first-order valence-electron chi connectivity index (χ1n) is 11.1. The number of fused-ring (bicyclic) bond motifs is 1. The van der Waals surface area contributed by atoms with Crippen molar-refractivity contribution < 1.29 is 33.7 Å². The van der Waals surface area contributed by atoms with Crippen molar-refractivity contribution in [3.63, 3.8) is 0 Å². The van der Waals surface area contributed by atoms with E-state index < -0.39 is 29.2 Å². The summed E-state index contributed by atoms with van der Waals surface area (Å²) in [6.07, 6.45) is 3.99. The summed E-state index contributed by atoms with van der Waals surface area (Å²) in [5.41, 5.74) is 0.607. The fraction of sp³-hybridized carbons (Fsp3) is 0.318. The van der Waals surface area contributed by atoms with E-state index in [1.807, 2.05) is 35.2 Å². The maximum Gasteiger partial charge on any atom is 0.352 e. The third-order valence-corrected chi connectivity index (χ3v) is 9.06. The van der Waals surface area contributed by atoms with E-state index in [0.29, 0.717) is 24.3 Å². The molecule has 5 heterocycles. The van der Waals surface area contributed by atoms with Crippen molar-refractivity contribution in [2.24, 2.45) is 5.16 Å². The van der Waals surface area contributed by atoms with Gasteiger partial charge in [0.1, 0.15) is 28.9 Å². The number of hydrogen-bond acceptors (Lipinski definition) is 10. The van der Waals surface area contributed by atoms with Crippen LogP contribution in [0, 0.1) is 0 Å². The van der Waals surface area contributed by atoms with Crippen LogP contribution in [0.1, 0.15) is 5.69 Å². The second-order valence-corrected chi connectivity index (χ2v) is 11.2. The van der Waals surface area contributed by atoms with E-state index in [9.17, 15) is 24.3 Å². The van der Waals surface area contributed by atoms with Gasteiger partial charge in [0.2, 0.25) is 6.41 Å². The summed E-state index contributed by atoms with van der Waals surface area (Å²) in [6.45, 7) is 0.331. The highest BCUT2D eigenvalue weighted by Gasteiger charge is 2.54. The highest BCUT2D eigenvalue weighted by molar-refractivity contribution is 8.00. The van der Waals surface area contributed by atoms with E-state index in [1.54, 1.807) is 17.1 Å². The molecule has 3 aliphatic rings. The van der Waals surface area contributed by atoms with Crippen LogP contribution in [-0.2, 0) is 30.6 Å². The van der Waals surface area contributed by atoms with E-state index in [0.717, 1.165) is 22.8 Å². The first kappa shape index (κ1) is 25.2. The number of carboxylic acids is 1. The van der Waals surface area contributed by atoms with Crippen molar-refractivity contribution in [1.82, 2.24) is 15.2 Å². The van der Waals surface area contributed by atoms with Crippen molar-refractivity contribution in [3.05, 3.63) is 52.9 Å². The average Bonchev–Trinajstić information content (AvgIpc) is 3.32. The van der Waals surface area contributed by atoms with Crippen molar-refractivity contribution in [2.45, 2.75) is 24.1 Å². The first-order valence-corrected chi connectivity index (χ1v) is 14.2. The summed E-state index contributed by atoms with van der Waals surface area (Å²) in [5.74, 6) is -0.510. The Labute approximate surface area is 223 Å². The van der Waals surface area contributed by atoms with Gasteiger partial charge in [0, 0.05) is 40.3 Å². The molecule has 0 bridgehead atoms. The molecule has 12 nitrogen and oxygen atoms in total. The van der Waals surface area contributed by atoms with Gasteiger partial charge in [0.15, 0.2) is 29.8 Å². The predicted molar refractivity (Wildman–Crippen MR) is 137 cm³/mol. The number of aliphatic carboxylic acids is 1. The summed E-state index contributed by atoms with van der Waals surface area (Å²) in [6, 6.07) is 4.61. The van der Waals surface area contributed by atoms with Crippen LogP contribution in [0.5, 0.6) is 0 Å². The number of aromatic nitrogens is 2. The number of thiazole rings is 1. The third-order valence-electron chi connectivity index (χ3n) is 5.73. The van der Waals surface area contributed by atoms with Crippen LogP contribution >= 0.6 is 34.9 Å². The Bertz CT molecular complexity index is 1290. The van der Waals surface area contributed by atoms with Gasteiger partial charge < -0.3 is 20.6 Å². The largest absolute Gasteiger partial charge is 0.477 e. The smallest absolute Gasteiger partial charge is 0.352 e. The molecule has 2 saturated heterocycles. The fourth-order valence-corrected chi connectivity index (χ4v) is 6.42. The zero-order valence-electron chi connectivity index (χ0n) is 19.1. The lowest BCUT2D eigenvalue weighted by atomic mass is 10.0. The lowest BCUT2D eigenvalue weighted by molar-refractivity contribution is -0.689. The zero-order valence-corrected chi connectivity index (χ0v) is 21.6. The van der Waals surface area contributed by atoms with E-state index >= 15 is 0 Å². The van der Waals surface area contributed by atoms with Crippen LogP contribution in [-0.4, -0.2) is 79.7 Å². The summed E-state index contributed by atoms with van der Waals surface area (Å²) < 4.78 is 1.84. The number of anilines is 1. The number of thioether (sulfide) groups is 2. The minimum atomic E-state index is -1.19. The number of oxime groups is 1. The van der Waals surface area contributed by atoms with Gasteiger partial charge in [-0.1, -0.05) is 11.2 Å². The van der Waals surface area contributed by atoms with Crippen molar-refractivity contribution in [1.29, 1.82) is 0 Å². The Morgan fingerprint density at radius 1 is 1.30 bits per heavy atom. The Hall–Kier alpha value is -3.43. The molecule has 192 valence electrons. The quantitative estimate of drug-likeness (QED) is 0.122. The van der Waals surface area contributed by atoms with Gasteiger partial charge in [-0.15, -0.1) is 23.1 Å². The number of rotatable bonds is 10. The van der Waals surface area contributed by atoms with Crippen molar-refractivity contribution in [2.75, 3.05) is 22.6 Å². The van der Waals surface area contributed by atoms with Crippen LogP contribution in [0.25, 0.3) is 0 Å². The second-order valence-electron chi connectivity index (χ2n) is 8.17. The van der Waals surface area contributed by atoms with Gasteiger partial charge >= 0.3 is 5.97 Å². The third kappa shape index (κ3) is 5.19. The lowest BCUT2D eigenvalue weighted by Crippen LogP contribution is -2.71. The number of carbonyl (C=O) groups excluding carboxylic acids is 3. The monoisotopic (exact) mass is 561 g/mol. The molecule has 2 aromatic rings. The molecule has 0 saturated carbocycles. The normalized spacial score (nSPS) is 21.5. The van der Waals surface area contributed by atoms with Crippen molar-refractivity contribution in [3.8, 4) is 0 Å². The number of hydrogen-bond donors (Lipinski definition) is 3. The number of nitrogens with one attached hydrogen (secondary N) is 2. The maximum absolute atomic E-state index is 13.2. The number of pyridine rings is 1. The Morgan fingerprint density at radius 3 is 2.76 bits per heavy atom. The van der Waals surface area contributed by atoms with E-state index in [-0.39, 0.29) is 28.3 Å². The summed E-state index contributed by atoms with van der Waals surface area (Å²) in [5, 5.41) is 20.3. The van der Waals surface area contributed by atoms with Crippen LogP contribution in [0.15, 0.2) is 52.4 Å². The minimum Gasteiger partial charge on any atom is -0.477 e. The summed E-state index contributed by atoms with van der Waals surface area (Å²) in [4.78, 5) is 60.0. The maximum atomic E-state index is 13.2. The molecule has 1 unspecified atom stereocenters. The number of nitrogens with zero attached hydrogens (tertiary/aromatic N) is 4. The van der Waals surface area contributed by atoms with E-state index in [4.69, 9.17) is 4.84 Å². The number of carboxylic acid groups (broad SMARTS) is 1. The predicted octanol–water partition coefficient (Wildman–Crippen LogP) is 0.274. The summed E-state index contributed by atoms with van der Waals surface area (Å²) >= 11 is 4.18. The highest BCUT2D eigenvalue weighted by atomic mass is 32.2. The van der Waals surface area contributed by atoms with E-state index in [2.05, 4.69) is 20.8 Å². The number of amides is 3. The molecule has 0 radical (unpaired) electrons. The van der Waals surface area contributed by atoms with Crippen LogP contribution in [0.4, 0.5) is 5.13 Å². The molecule has 0 aromatic carbocycles. The molecule has 3 N–H and O–H groups in total. The topological polar surface area (TPSA) is 154 Å². The van der Waals surface area contributed by atoms with E-state index in [1.165, 1.54) is 16.7 Å². The van der Waals surface area contributed by atoms with Gasteiger partial charge in [0.25, 0.3) is 11.8 Å². The Kier molecular flexibility index (Phi) is 7.43. The van der Waals surface area contributed by atoms with Gasteiger partial charge in [-0.2, -0.15) is 11.8 Å². The molecule has 2 aromatic heterocycles. The second kappa shape index (κ2) is 10.9. The standard InChI is InChI=1S/C22H20N6O6S3/c29-11-23-22-24-14(10-37-22)15(26-34-13-8-35-9-13)18(30)25-16-19(31)28-17(21(32)33)12(7-36-20(16)28)6-27-4-2-1-3-5-27/h1-5,10-11,13,16,20H,6-9H2,(H2-,23,24,25,29,30,32,33)/p+1/t16?,20-/m0/s1. The molecule has 37 heavy (non-hydrogen) atoms. The lowest BCUT2D eigenvalue weighted by Gasteiger charge is -2.49.